The number of benzene rings is 1. The molecule has 0 atom stereocenters. The first kappa shape index (κ1) is 14.1. The molecule has 0 saturated carbocycles. The van der Waals surface area contributed by atoms with E-state index in [1.165, 1.54) is 0 Å². The molecule has 22 heavy (non-hydrogen) atoms. The zero-order valence-corrected chi connectivity index (χ0v) is 12.5. The van der Waals surface area contributed by atoms with Crippen LogP contribution in [0.4, 0.5) is 11.5 Å². The molecule has 0 aliphatic carbocycles. The Morgan fingerprint density at radius 3 is 2.86 bits per heavy atom. The van der Waals surface area contributed by atoms with Crippen LogP contribution in [0, 0.1) is 0 Å². The van der Waals surface area contributed by atoms with Crippen molar-refractivity contribution >= 4 is 23.5 Å². The van der Waals surface area contributed by atoms with E-state index in [2.05, 4.69) is 10.3 Å². The van der Waals surface area contributed by atoms with E-state index >= 15 is 0 Å². The Balaban J connectivity index is 1.83. The number of hydrogen-bond acceptors (Lipinski definition) is 4. The van der Waals surface area contributed by atoms with Crippen LogP contribution in [0.2, 0.25) is 0 Å². The molecular formula is C17H17N3O2. The number of aromatic nitrogens is 1. The summed E-state index contributed by atoms with van der Waals surface area (Å²) in [4.78, 5) is 18.6. The summed E-state index contributed by atoms with van der Waals surface area (Å²) in [5.41, 5.74) is 2.18. The summed E-state index contributed by atoms with van der Waals surface area (Å²) in [5.74, 6) is 1.34. The molecule has 0 bridgehead atoms. The minimum Gasteiger partial charge on any atom is -0.488 e. The fourth-order valence-corrected chi connectivity index (χ4v) is 2.30. The van der Waals surface area contributed by atoms with E-state index in [0.29, 0.717) is 17.1 Å². The van der Waals surface area contributed by atoms with E-state index in [-0.39, 0.29) is 12.5 Å². The van der Waals surface area contributed by atoms with Gasteiger partial charge in [-0.05, 0) is 24.3 Å². The Hall–Kier alpha value is -2.82. The van der Waals surface area contributed by atoms with E-state index in [1.54, 1.807) is 12.3 Å². The topological polar surface area (TPSA) is 54.5 Å². The molecule has 0 unspecified atom stereocenters. The molecule has 112 valence electrons. The molecule has 5 heteroatoms. The van der Waals surface area contributed by atoms with Crippen molar-refractivity contribution in [2.75, 3.05) is 30.9 Å². The lowest BCUT2D eigenvalue weighted by Gasteiger charge is -2.19. The molecular weight excluding hydrogens is 278 g/mol. The summed E-state index contributed by atoms with van der Waals surface area (Å²) < 4.78 is 5.62. The zero-order chi connectivity index (χ0) is 15.5. The molecule has 2 aromatic rings. The molecule has 0 radical (unpaired) electrons. The highest BCUT2D eigenvalue weighted by Gasteiger charge is 2.18. The lowest BCUT2D eigenvalue weighted by atomic mass is 10.1. The molecule has 3 rings (SSSR count). The summed E-state index contributed by atoms with van der Waals surface area (Å²) in [6.07, 6.45) is 3.56. The number of anilines is 2. The number of nitrogens with zero attached hydrogens (tertiary/aromatic N) is 2. The van der Waals surface area contributed by atoms with Crippen LogP contribution in [0.15, 0.2) is 48.2 Å². The van der Waals surface area contributed by atoms with Crippen molar-refractivity contribution in [2.24, 2.45) is 0 Å². The third-order valence-electron chi connectivity index (χ3n) is 3.38. The van der Waals surface area contributed by atoms with Crippen molar-refractivity contribution in [1.82, 2.24) is 4.98 Å². The SMILES string of the molecule is CN(C)c1ncccc1NC(=O)C1=Cc2ccccc2OC1. The zero-order valence-electron chi connectivity index (χ0n) is 12.5. The normalized spacial score (nSPS) is 12.7. The monoisotopic (exact) mass is 295 g/mol. The van der Waals surface area contributed by atoms with Gasteiger partial charge in [0.25, 0.3) is 5.91 Å². The lowest BCUT2D eigenvalue weighted by Crippen LogP contribution is -2.23. The standard InChI is InChI=1S/C17H17N3O2/c1-20(2)16-14(7-5-9-18-16)19-17(21)13-10-12-6-3-4-8-15(12)22-11-13/h3-10H,11H2,1-2H3,(H,19,21). The first-order valence-electron chi connectivity index (χ1n) is 7.01. The van der Waals surface area contributed by atoms with Crippen LogP contribution in [-0.4, -0.2) is 31.6 Å². The van der Waals surface area contributed by atoms with Crippen molar-refractivity contribution in [3.05, 3.63) is 53.7 Å². The van der Waals surface area contributed by atoms with Crippen molar-refractivity contribution < 1.29 is 9.53 Å². The van der Waals surface area contributed by atoms with Gasteiger partial charge in [0.15, 0.2) is 5.82 Å². The Kier molecular flexibility index (Phi) is 3.78. The summed E-state index contributed by atoms with van der Waals surface area (Å²) in [7, 11) is 3.77. The molecule has 5 nitrogen and oxygen atoms in total. The van der Waals surface area contributed by atoms with E-state index in [1.807, 2.05) is 55.4 Å². The van der Waals surface area contributed by atoms with Gasteiger partial charge in [-0.25, -0.2) is 4.98 Å². The second-order valence-corrected chi connectivity index (χ2v) is 5.22. The fourth-order valence-electron chi connectivity index (χ4n) is 2.30. The maximum atomic E-state index is 12.4. The summed E-state index contributed by atoms with van der Waals surface area (Å²) >= 11 is 0. The smallest absolute Gasteiger partial charge is 0.255 e. The van der Waals surface area contributed by atoms with E-state index in [9.17, 15) is 4.79 Å². The summed E-state index contributed by atoms with van der Waals surface area (Å²) in [6, 6.07) is 11.3. The minimum atomic E-state index is -0.175. The maximum Gasteiger partial charge on any atom is 0.255 e. The highest BCUT2D eigenvalue weighted by molar-refractivity contribution is 6.08. The van der Waals surface area contributed by atoms with Gasteiger partial charge in [0, 0.05) is 25.9 Å². The third-order valence-corrected chi connectivity index (χ3v) is 3.38. The molecule has 1 amide bonds. The number of rotatable bonds is 3. The van der Waals surface area contributed by atoms with Gasteiger partial charge in [-0.15, -0.1) is 0 Å². The largest absolute Gasteiger partial charge is 0.488 e. The predicted molar refractivity (Wildman–Crippen MR) is 87.1 cm³/mol. The second kappa shape index (κ2) is 5.89. The van der Waals surface area contributed by atoms with Gasteiger partial charge >= 0.3 is 0 Å². The number of pyridine rings is 1. The van der Waals surface area contributed by atoms with Crippen molar-refractivity contribution in [3.8, 4) is 5.75 Å². The average molecular weight is 295 g/mol. The molecule has 1 aliphatic heterocycles. The number of carbonyl (C=O) groups excluding carboxylic acids is 1. The van der Waals surface area contributed by atoms with Crippen molar-refractivity contribution in [1.29, 1.82) is 0 Å². The maximum absolute atomic E-state index is 12.4. The van der Waals surface area contributed by atoms with Crippen LogP contribution in [0.5, 0.6) is 5.75 Å². The van der Waals surface area contributed by atoms with Gasteiger partial charge in [0.1, 0.15) is 12.4 Å². The van der Waals surface area contributed by atoms with E-state index in [0.717, 1.165) is 11.3 Å². The summed E-state index contributed by atoms with van der Waals surface area (Å²) in [5, 5.41) is 2.90. The number of hydrogen-bond donors (Lipinski definition) is 1. The Labute approximate surface area is 129 Å². The van der Waals surface area contributed by atoms with Gasteiger partial charge in [-0.3, -0.25) is 4.79 Å². The fraction of sp³-hybridized carbons (Fsp3) is 0.176. The van der Waals surface area contributed by atoms with E-state index < -0.39 is 0 Å². The average Bonchev–Trinajstić information content (AvgIpc) is 2.54. The second-order valence-electron chi connectivity index (χ2n) is 5.22. The van der Waals surface area contributed by atoms with Gasteiger partial charge in [0.2, 0.25) is 0 Å². The molecule has 0 fully saturated rings. The number of carbonyl (C=O) groups is 1. The highest BCUT2D eigenvalue weighted by Crippen LogP contribution is 2.27. The molecule has 2 heterocycles. The Morgan fingerprint density at radius 1 is 1.23 bits per heavy atom. The first-order valence-corrected chi connectivity index (χ1v) is 7.01. The predicted octanol–water partition coefficient (Wildman–Crippen LogP) is 2.56. The first-order chi connectivity index (χ1) is 10.6. The van der Waals surface area contributed by atoms with Gasteiger partial charge in [0.05, 0.1) is 11.3 Å². The molecule has 0 saturated heterocycles. The quantitative estimate of drug-likeness (QED) is 0.945. The third kappa shape index (κ3) is 2.79. The number of nitrogens with one attached hydrogen (secondary N) is 1. The van der Waals surface area contributed by atoms with Crippen LogP contribution in [0.1, 0.15) is 5.56 Å². The highest BCUT2D eigenvalue weighted by atomic mass is 16.5. The Bertz CT molecular complexity index is 738. The van der Waals surface area contributed by atoms with Gasteiger partial charge < -0.3 is 15.0 Å². The number of amides is 1. The van der Waals surface area contributed by atoms with Crippen LogP contribution in [0.3, 0.4) is 0 Å². The molecule has 1 N–H and O–H groups in total. The lowest BCUT2D eigenvalue weighted by molar-refractivity contribution is -0.113. The van der Waals surface area contributed by atoms with Gasteiger partial charge in [-0.1, -0.05) is 18.2 Å². The van der Waals surface area contributed by atoms with Crippen LogP contribution < -0.4 is 15.0 Å². The molecule has 1 aliphatic rings. The van der Waals surface area contributed by atoms with Crippen LogP contribution in [0.25, 0.3) is 6.08 Å². The van der Waals surface area contributed by atoms with Crippen LogP contribution in [-0.2, 0) is 4.79 Å². The summed E-state index contributed by atoms with van der Waals surface area (Å²) in [6.45, 7) is 0.264. The molecule has 1 aromatic heterocycles. The number of fused-ring (bicyclic) bond motifs is 1. The molecule has 0 spiro atoms. The van der Waals surface area contributed by atoms with Crippen molar-refractivity contribution in [2.45, 2.75) is 0 Å². The van der Waals surface area contributed by atoms with Crippen molar-refractivity contribution in [3.63, 3.8) is 0 Å². The van der Waals surface area contributed by atoms with Gasteiger partial charge in [-0.2, -0.15) is 0 Å². The number of para-hydroxylation sites is 1. The minimum absolute atomic E-state index is 0.175. The number of ether oxygens (including phenoxy) is 1. The van der Waals surface area contributed by atoms with Crippen LogP contribution >= 0.6 is 0 Å². The Morgan fingerprint density at radius 2 is 2.05 bits per heavy atom. The molecule has 1 aromatic carbocycles. The van der Waals surface area contributed by atoms with E-state index in [4.69, 9.17) is 4.74 Å².